The highest BCUT2D eigenvalue weighted by molar-refractivity contribution is 5.61. The van der Waals surface area contributed by atoms with Gasteiger partial charge < -0.3 is 4.74 Å². The number of unbranched alkanes of at least 4 members (excludes halogenated alkanes) is 1. The van der Waals surface area contributed by atoms with Gasteiger partial charge in [0.2, 0.25) is 0 Å². The molecule has 0 aliphatic carbocycles. The highest BCUT2D eigenvalue weighted by atomic mass is 16.5. The molecule has 0 aliphatic heterocycles. The molecule has 15 heavy (non-hydrogen) atoms. The Labute approximate surface area is 91.3 Å². The van der Waals surface area contributed by atoms with Gasteiger partial charge in [0.05, 0.1) is 12.7 Å². The molecule has 0 N–H and O–H groups in total. The van der Waals surface area contributed by atoms with Gasteiger partial charge in [-0.15, -0.1) is 0 Å². The average molecular weight is 216 g/mol. The van der Waals surface area contributed by atoms with E-state index in [0.717, 1.165) is 12.8 Å². The zero-order chi connectivity index (χ0) is 11.9. The summed E-state index contributed by atoms with van der Waals surface area (Å²) >= 11 is 0. The lowest BCUT2D eigenvalue weighted by Crippen LogP contribution is -2.35. The van der Waals surface area contributed by atoms with Crippen LogP contribution in [0.1, 0.15) is 40.0 Å². The van der Waals surface area contributed by atoms with Crippen molar-refractivity contribution in [1.82, 2.24) is 0 Å². The van der Waals surface area contributed by atoms with E-state index in [-0.39, 0.29) is 6.61 Å². The van der Waals surface area contributed by atoms with Crippen LogP contribution in [-0.2, 0) is 19.7 Å². The van der Waals surface area contributed by atoms with Crippen molar-refractivity contribution in [3.05, 3.63) is 0 Å². The molecule has 88 valence electrons. The quantitative estimate of drug-likeness (QED) is 0.580. The van der Waals surface area contributed by atoms with Crippen LogP contribution in [-0.4, -0.2) is 30.7 Å². The maximum atomic E-state index is 11.5. The largest absolute Gasteiger partial charge is 0.372 e. The summed E-state index contributed by atoms with van der Waals surface area (Å²) in [6.45, 7) is 4.68. The monoisotopic (exact) mass is 216 g/mol. The van der Waals surface area contributed by atoms with Gasteiger partial charge in [-0.3, -0.25) is 4.79 Å². The van der Waals surface area contributed by atoms with Gasteiger partial charge in [0.15, 0.2) is 11.9 Å². The highest BCUT2D eigenvalue weighted by Crippen LogP contribution is 2.10. The van der Waals surface area contributed by atoms with Crippen LogP contribution in [0.25, 0.3) is 0 Å². The van der Waals surface area contributed by atoms with Crippen molar-refractivity contribution in [2.45, 2.75) is 57.8 Å². The summed E-state index contributed by atoms with van der Waals surface area (Å²) in [7, 11) is 0. The van der Waals surface area contributed by atoms with Crippen LogP contribution >= 0.6 is 0 Å². The standard InChI is InChI=1S/C11H20O4/c1-4-5-6-10(13)9(2)15-8-11(3,14)7-12/h7,9-10H,4-6,8H2,1-3H3/t9-,10+,11?/m0/s1. The normalized spacial score (nSPS) is 19.3. The third-order valence-electron chi connectivity index (χ3n) is 2.25. The van der Waals surface area contributed by atoms with E-state index in [9.17, 15) is 15.0 Å². The van der Waals surface area contributed by atoms with Crippen LogP contribution < -0.4 is 0 Å². The van der Waals surface area contributed by atoms with E-state index in [1.807, 2.05) is 6.92 Å². The fourth-order valence-corrected chi connectivity index (χ4v) is 1.08. The Balaban J connectivity index is 3.81. The Bertz CT molecular complexity index is 179. The average Bonchev–Trinajstić information content (AvgIpc) is 2.22. The van der Waals surface area contributed by atoms with Crippen molar-refractivity contribution >= 4 is 6.29 Å². The second kappa shape index (κ2) is 6.93. The number of carbonyl (C=O) groups is 1. The minimum absolute atomic E-state index is 0.234. The van der Waals surface area contributed by atoms with Gasteiger partial charge in [-0.2, -0.15) is 0 Å². The first-order chi connectivity index (χ1) is 6.93. The predicted molar refractivity (Wildman–Crippen MR) is 54.6 cm³/mol. The fraction of sp³-hybridized carbons (Fsp3) is 0.909. The first-order valence-corrected chi connectivity index (χ1v) is 5.37. The molecule has 4 nitrogen and oxygen atoms in total. The van der Waals surface area contributed by atoms with Crippen molar-refractivity contribution in [3.8, 4) is 0 Å². The SMILES string of the molecule is CCCC[C@@H]([O])[C@H](C)OCC(C)([O])C=O. The molecule has 0 spiro atoms. The van der Waals surface area contributed by atoms with Crippen molar-refractivity contribution in [2.75, 3.05) is 6.61 Å². The Hall–Kier alpha value is -0.450. The second-order valence-corrected chi connectivity index (χ2v) is 4.13. The van der Waals surface area contributed by atoms with E-state index in [0.29, 0.717) is 12.7 Å². The molecule has 0 aliphatic rings. The van der Waals surface area contributed by atoms with Crippen LogP contribution in [0.3, 0.4) is 0 Å². The van der Waals surface area contributed by atoms with Gasteiger partial charge in [0.25, 0.3) is 0 Å². The molecule has 4 heteroatoms. The van der Waals surface area contributed by atoms with E-state index in [1.165, 1.54) is 6.92 Å². The van der Waals surface area contributed by atoms with E-state index in [2.05, 4.69) is 0 Å². The van der Waals surface area contributed by atoms with E-state index < -0.39 is 17.8 Å². The molecule has 0 saturated heterocycles. The van der Waals surface area contributed by atoms with Gasteiger partial charge in [0.1, 0.15) is 6.10 Å². The van der Waals surface area contributed by atoms with E-state index in [1.54, 1.807) is 6.92 Å². The third-order valence-corrected chi connectivity index (χ3v) is 2.25. The summed E-state index contributed by atoms with van der Waals surface area (Å²) in [4.78, 5) is 10.3. The molecule has 2 radical (unpaired) electrons. The summed E-state index contributed by atoms with van der Waals surface area (Å²) in [5.41, 5.74) is -1.74. The van der Waals surface area contributed by atoms with Crippen LogP contribution in [0.2, 0.25) is 0 Å². The lowest BCUT2D eigenvalue weighted by molar-refractivity contribution is -0.148. The molecule has 0 amide bonds. The fourth-order valence-electron chi connectivity index (χ4n) is 1.08. The van der Waals surface area contributed by atoms with Crippen molar-refractivity contribution in [3.63, 3.8) is 0 Å². The second-order valence-electron chi connectivity index (χ2n) is 4.13. The van der Waals surface area contributed by atoms with Crippen molar-refractivity contribution in [1.29, 1.82) is 0 Å². The number of rotatable bonds is 8. The van der Waals surface area contributed by atoms with Crippen LogP contribution in [0.4, 0.5) is 0 Å². The molecule has 0 heterocycles. The Morgan fingerprint density at radius 3 is 2.53 bits per heavy atom. The Morgan fingerprint density at radius 2 is 2.07 bits per heavy atom. The molecule has 0 aromatic carbocycles. The minimum Gasteiger partial charge on any atom is -0.372 e. The molecule has 0 aromatic rings. The molecule has 1 unspecified atom stereocenters. The van der Waals surface area contributed by atoms with Crippen LogP contribution in [0.15, 0.2) is 0 Å². The van der Waals surface area contributed by atoms with Crippen molar-refractivity contribution in [2.24, 2.45) is 0 Å². The number of carbonyl (C=O) groups excluding carboxylic acids is 1. The van der Waals surface area contributed by atoms with Gasteiger partial charge in [-0.1, -0.05) is 19.8 Å². The molecule has 0 fully saturated rings. The van der Waals surface area contributed by atoms with Gasteiger partial charge >= 0.3 is 0 Å². The predicted octanol–water partition coefficient (Wildman–Crippen LogP) is 1.77. The van der Waals surface area contributed by atoms with E-state index >= 15 is 0 Å². The molecule has 3 atom stereocenters. The number of hydrogen-bond acceptors (Lipinski definition) is 2. The first-order valence-electron chi connectivity index (χ1n) is 5.37. The third kappa shape index (κ3) is 6.60. The Kier molecular flexibility index (Phi) is 6.72. The molecule has 0 saturated carbocycles. The number of hydrogen-bond donors (Lipinski definition) is 0. The lowest BCUT2D eigenvalue weighted by Gasteiger charge is -2.20. The minimum atomic E-state index is -1.74. The molecule has 0 aromatic heterocycles. The summed E-state index contributed by atoms with van der Waals surface area (Å²) in [6.07, 6.45) is 1.38. The maximum Gasteiger partial charge on any atom is 0.179 e. The first kappa shape index (κ1) is 14.6. The van der Waals surface area contributed by atoms with Crippen molar-refractivity contribution < 1.29 is 19.7 Å². The Morgan fingerprint density at radius 1 is 1.47 bits per heavy atom. The molecular formula is C11H20O4. The highest BCUT2D eigenvalue weighted by Gasteiger charge is 2.25. The number of aldehydes is 1. The van der Waals surface area contributed by atoms with Gasteiger partial charge in [0, 0.05) is 0 Å². The topological polar surface area (TPSA) is 66.1 Å². The van der Waals surface area contributed by atoms with Gasteiger partial charge in [-0.05, 0) is 20.3 Å². The molecule has 0 rings (SSSR count). The lowest BCUT2D eigenvalue weighted by atomic mass is 10.1. The zero-order valence-corrected chi connectivity index (χ0v) is 9.69. The summed E-state index contributed by atoms with van der Waals surface area (Å²) in [5, 5.41) is 22.7. The smallest absolute Gasteiger partial charge is 0.179 e. The summed E-state index contributed by atoms with van der Waals surface area (Å²) < 4.78 is 5.10. The molecule has 0 bridgehead atoms. The maximum absolute atomic E-state index is 11.5. The van der Waals surface area contributed by atoms with Crippen LogP contribution in [0, 0.1) is 0 Å². The van der Waals surface area contributed by atoms with Gasteiger partial charge in [-0.25, -0.2) is 10.2 Å². The number of ether oxygens (including phenoxy) is 1. The summed E-state index contributed by atoms with van der Waals surface area (Å²) in [5.74, 6) is 0. The summed E-state index contributed by atoms with van der Waals surface area (Å²) in [6, 6.07) is 0. The van der Waals surface area contributed by atoms with Crippen LogP contribution in [0.5, 0.6) is 0 Å². The van der Waals surface area contributed by atoms with E-state index in [4.69, 9.17) is 4.74 Å². The molecular weight excluding hydrogens is 196 g/mol. The zero-order valence-electron chi connectivity index (χ0n) is 9.69.